The molecule has 1 aromatic heterocycles. The number of nitrogens with zero attached hydrogens (tertiary/aromatic N) is 1. The number of rotatable bonds is 5. The van der Waals surface area contributed by atoms with Gasteiger partial charge < -0.3 is 14.4 Å². The highest BCUT2D eigenvalue weighted by atomic mass is 16.5. The number of benzene rings is 1. The maximum absolute atomic E-state index is 9.34. The number of aromatic nitrogens is 1. The summed E-state index contributed by atoms with van der Waals surface area (Å²) in [6.45, 7) is 2.08. The Morgan fingerprint density at radius 1 is 1.32 bits per heavy atom. The lowest BCUT2D eigenvalue weighted by molar-refractivity contribution is 0.101. The number of aryl methyl sites for hydroxylation is 1. The summed E-state index contributed by atoms with van der Waals surface area (Å²) in [5, 5.41) is 10.5. The van der Waals surface area contributed by atoms with Crippen molar-refractivity contribution in [3.05, 3.63) is 36.0 Å². The average Bonchev–Trinajstić information content (AvgIpc) is 3.08. The molecule has 2 aromatic rings. The molecule has 0 saturated carbocycles. The van der Waals surface area contributed by atoms with Crippen molar-refractivity contribution in [3.63, 3.8) is 0 Å². The van der Waals surface area contributed by atoms with Gasteiger partial charge in [0.15, 0.2) is 0 Å². The second-order valence-electron chi connectivity index (χ2n) is 5.29. The summed E-state index contributed by atoms with van der Waals surface area (Å²) in [5.74, 6) is 0. The lowest BCUT2D eigenvalue weighted by Crippen LogP contribution is -2.06. The van der Waals surface area contributed by atoms with Gasteiger partial charge in [0.25, 0.3) is 0 Å². The quantitative estimate of drug-likeness (QED) is 0.895. The fourth-order valence-electron chi connectivity index (χ4n) is 2.98. The van der Waals surface area contributed by atoms with Crippen LogP contribution < -0.4 is 0 Å². The zero-order valence-electron chi connectivity index (χ0n) is 11.2. The van der Waals surface area contributed by atoms with Crippen LogP contribution in [0.2, 0.25) is 0 Å². The summed E-state index contributed by atoms with van der Waals surface area (Å²) in [6.07, 6.45) is 7.35. The van der Waals surface area contributed by atoms with Crippen molar-refractivity contribution in [2.75, 3.05) is 6.61 Å². The lowest BCUT2D eigenvalue weighted by Gasteiger charge is -2.10. The van der Waals surface area contributed by atoms with Gasteiger partial charge >= 0.3 is 0 Å². The molecule has 1 fully saturated rings. The highest BCUT2D eigenvalue weighted by Crippen LogP contribution is 2.22. The fourth-order valence-corrected chi connectivity index (χ4v) is 2.98. The number of fused-ring (bicyclic) bond motifs is 1. The number of ether oxygens (including phenoxy) is 1. The van der Waals surface area contributed by atoms with Crippen LogP contribution in [-0.4, -0.2) is 22.4 Å². The Bertz CT molecular complexity index is 541. The second-order valence-corrected chi connectivity index (χ2v) is 5.29. The molecule has 3 nitrogen and oxygen atoms in total. The highest BCUT2D eigenvalue weighted by Gasteiger charge is 2.14. The van der Waals surface area contributed by atoms with Crippen molar-refractivity contribution in [1.82, 2.24) is 4.57 Å². The molecule has 1 unspecified atom stereocenters. The molecule has 1 N–H and O–H groups in total. The first-order valence-corrected chi connectivity index (χ1v) is 7.17. The third-order valence-corrected chi connectivity index (χ3v) is 4.02. The molecule has 0 aliphatic carbocycles. The zero-order chi connectivity index (χ0) is 13.1. The second kappa shape index (κ2) is 5.76. The van der Waals surface area contributed by atoms with E-state index in [9.17, 15) is 5.11 Å². The third-order valence-electron chi connectivity index (χ3n) is 4.02. The van der Waals surface area contributed by atoms with E-state index in [0.29, 0.717) is 6.10 Å². The molecular formula is C16H21NO2. The molecule has 1 saturated heterocycles. The first kappa shape index (κ1) is 12.7. The number of aliphatic hydroxyl groups is 1. The van der Waals surface area contributed by atoms with Gasteiger partial charge in [-0.3, -0.25) is 0 Å². The van der Waals surface area contributed by atoms with Gasteiger partial charge in [-0.25, -0.2) is 0 Å². The van der Waals surface area contributed by atoms with Crippen molar-refractivity contribution >= 4 is 10.9 Å². The third kappa shape index (κ3) is 2.67. The van der Waals surface area contributed by atoms with Gasteiger partial charge in [-0.15, -0.1) is 0 Å². The van der Waals surface area contributed by atoms with Crippen LogP contribution in [0.25, 0.3) is 10.9 Å². The summed E-state index contributed by atoms with van der Waals surface area (Å²) in [5.41, 5.74) is 2.23. The van der Waals surface area contributed by atoms with Gasteiger partial charge in [0.1, 0.15) is 0 Å². The van der Waals surface area contributed by atoms with Gasteiger partial charge in [0.2, 0.25) is 0 Å². The molecular weight excluding hydrogens is 238 g/mol. The normalized spacial score (nSPS) is 19.3. The summed E-state index contributed by atoms with van der Waals surface area (Å²) in [7, 11) is 0. The molecule has 2 heterocycles. The first-order valence-electron chi connectivity index (χ1n) is 7.17. The van der Waals surface area contributed by atoms with Gasteiger partial charge in [-0.05, 0) is 43.4 Å². The predicted molar refractivity (Wildman–Crippen MR) is 76.1 cm³/mol. The maximum Gasteiger partial charge on any atom is 0.0688 e. The molecule has 0 radical (unpaired) electrons. The zero-order valence-corrected chi connectivity index (χ0v) is 11.2. The monoisotopic (exact) mass is 259 g/mol. The fraction of sp³-hybridized carbons (Fsp3) is 0.500. The Morgan fingerprint density at radius 2 is 2.26 bits per heavy atom. The van der Waals surface area contributed by atoms with Gasteiger partial charge in [0.05, 0.1) is 12.7 Å². The Balaban J connectivity index is 1.67. The Labute approximate surface area is 113 Å². The molecule has 102 valence electrons. The van der Waals surface area contributed by atoms with Gasteiger partial charge in [-0.1, -0.05) is 12.1 Å². The largest absolute Gasteiger partial charge is 0.392 e. The molecule has 1 aromatic carbocycles. The van der Waals surface area contributed by atoms with E-state index >= 15 is 0 Å². The molecule has 0 amide bonds. The average molecular weight is 259 g/mol. The summed E-state index contributed by atoms with van der Waals surface area (Å²) >= 11 is 0. The van der Waals surface area contributed by atoms with E-state index in [-0.39, 0.29) is 6.61 Å². The SMILES string of the molecule is OCc1cccc2c1ccn2CCCC1CCCO1. The first-order chi connectivity index (χ1) is 9.38. The highest BCUT2D eigenvalue weighted by molar-refractivity contribution is 5.83. The van der Waals surface area contributed by atoms with Crippen molar-refractivity contribution < 1.29 is 9.84 Å². The van der Waals surface area contributed by atoms with Crippen LogP contribution in [0, 0.1) is 0 Å². The molecule has 3 heteroatoms. The summed E-state index contributed by atoms with van der Waals surface area (Å²) in [6, 6.07) is 8.23. The number of hydrogen-bond donors (Lipinski definition) is 1. The van der Waals surface area contributed by atoms with Crippen LogP contribution >= 0.6 is 0 Å². The van der Waals surface area contributed by atoms with Crippen LogP contribution in [0.5, 0.6) is 0 Å². The molecule has 1 aliphatic heterocycles. The van der Waals surface area contributed by atoms with Gasteiger partial charge in [-0.2, -0.15) is 0 Å². The molecule has 3 rings (SSSR count). The number of hydrogen-bond acceptors (Lipinski definition) is 2. The smallest absolute Gasteiger partial charge is 0.0688 e. The maximum atomic E-state index is 9.34. The van der Waals surface area contributed by atoms with E-state index < -0.39 is 0 Å². The van der Waals surface area contributed by atoms with E-state index in [1.165, 1.54) is 23.7 Å². The van der Waals surface area contributed by atoms with E-state index in [1.807, 2.05) is 12.1 Å². The van der Waals surface area contributed by atoms with Crippen LogP contribution in [-0.2, 0) is 17.9 Å². The van der Waals surface area contributed by atoms with Crippen LogP contribution in [0.3, 0.4) is 0 Å². The molecule has 0 bridgehead atoms. The topological polar surface area (TPSA) is 34.4 Å². The Morgan fingerprint density at radius 3 is 3.05 bits per heavy atom. The summed E-state index contributed by atoms with van der Waals surface area (Å²) in [4.78, 5) is 0. The predicted octanol–water partition coefficient (Wildman–Crippen LogP) is 3.09. The van der Waals surface area contributed by atoms with E-state index in [2.05, 4.69) is 22.9 Å². The lowest BCUT2D eigenvalue weighted by atomic mass is 10.1. The minimum atomic E-state index is 0.108. The Kier molecular flexibility index (Phi) is 3.85. The van der Waals surface area contributed by atoms with E-state index in [4.69, 9.17) is 4.74 Å². The Hall–Kier alpha value is -1.32. The number of aliphatic hydroxyl groups excluding tert-OH is 1. The molecule has 19 heavy (non-hydrogen) atoms. The van der Waals surface area contributed by atoms with Crippen LogP contribution in [0.15, 0.2) is 30.5 Å². The van der Waals surface area contributed by atoms with Gasteiger partial charge in [0, 0.05) is 30.3 Å². The van der Waals surface area contributed by atoms with Crippen molar-refractivity contribution in [3.8, 4) is 0 Å². The van der Waals surface area contributed by atoms with Crippen molar-refractivity contribution in [1.29, 1.82) is 0 Å². The molecule has 1 aliphatic rings. The van der Waals surface area contributed by atoms with Crippen molar-refractivity contribution in [2.45, 2.75) is 44.9 Å². The molecule has 0 spiro atoms. The minimum absolute atomic E-state index is 0.108. The van der Waals surface area contributed by atoms with Crippen LogP contribution in [0.1, 0.15) is 31.2 Å². The summed E-state index contributed by atoms with van der Waals surface area (Å²) < 4.78 is 7.94. The van der Waals surface area contributed by atoms with Crippen molar-refractivity contribution in [2.24, 2.45) is 0 Å². The van der Waals surface area contributed by atoms with E-state index in [1.54, 1.807) is 0 Å². The van der Waals surface area contributed by atoms with E-state index in [0.717, 1.165) is 31.6 Å². The van der Waals surface area contributed by atoms with Crippen LogP contribution in [0.4, 0.5) is 0 Å². The minimum Gasteiger partial charge on any atom is -0.392 e. The standard InChI is InChI=1S/C16H21NO2/c18-12-13-4-1-7-16-15(13)8-10-17(16)9-2-5-14-6-3-11-19-14/h1,4,7-8,10,14,18H,2-3,5-6,9,11-12H2. The molecule has 1 atom stereocenters.